The lowest BCUT2D eigenvalue weighted by atomic mass is 10.1. The Hall–Kier alpha value is -1.11. The highest BCUT2D eigenvalue weighted by molar-refractivity contribution is 7.86. The van der Waals surface area contributed by atoms with Gasteiger partial charge in [-0.3, -0.25) is 4.18 Å². The second kappa shape index (κ2) is 6.56. The van der Waals surface area contributed by atoms with E-state index in [1.807, 2.05) is 6.92 Å². The molecule has 1 heterocycles. The summed E-state index contributed by atoms with van der Waals surface area (Å²) in [6.07, 6.45) is 1.52. The van der Waals surface area contributed by atoms with Crippen molar-refractivity contribution in [3.05, 3.63) is 23.8 Å². The quantitative estimate of drug-likeness (QED) is 0.781. The average Bonchev–Trinajstić information content (AvgIpc) is 2.39. The summed E-state index contributed by atoms with van der Waals surface area (Å²) in [6.45, 7) is 4.93. The number of ether oxygens (including phenoxy) is 2. The second-order valence-corrected chi connectivity index (χ2v) is 6.32. The number of rotatable bonds is 5. The molecule has 0 N–H and O–H groups in total. The Bertz CT molecular complexity index is 547. The molecule has 0 amide bonds. The summed E-state index contributed by atoms with van der Waals surface area (Å²) in [4.78, 5) is 0.0939. The van der Waals surface area contributed by atoms with Crippen molar-refractivity contribution in [2.75, 3.05) is 19.8 Å². The van der Waals surface area contributed by atoms with Crippen LogP contribution >= 0.6 is 0 Å². The first-order chi connectivity index (χ1) is 9.53. The zero-order chi connectivity index (χ0) is 14.6. The molecular formula is C14H20O5S. The van der Waals surface area contributed by atoms with Crippen LogP contribution in [0, 0.1) is 6.92 Å². The van der Waals surface area contributed by atoms with Crippen molar-refractivity contribution in [2.45, 2.75) is 37.7 Å². The molecule has 0 aromatic heterocycles. The van der Waals surface area contributed by atoms with Gasteiger partial charge in [0.25, 0.3) is 0 Å². The summed E-state index contributed by atoms with van der Waals surface area (Å²) in [7, 11) is -3.76. The third-order valence-corrected chi connectivity index (χ3v) is 4.53. The molecule has 0 bridgehead atoms. The Kier molecular flexibility index (Phi) is 5.01. The molecule has 1 aromatic rings. The molecule has 1 aliphatic rings. The molecule has 1 aromatic carbocycles. The Balaban J connectivity index is 2.28. The summed E-state index contributed by atoms with van der Waals surface area (Å²) in [5.74, 6) is 0.366. The van der Waals surface area contributed by atoms with Gasteiger partial charge in [0.15, 0.2) is 0 Å². The first kappa shape index (κ1) is 15.3. The predicted octanol–water partition coefficient (Wildman–Crippen LogP) is 2.28. The minimum absolute atomic E-state index is 0.0128. The molecule has 6 heteroatoms. The number of hydrogen-bond acceptors (Lipinski definition) is 5. The van der Waals surface area contributed by atoms with Crippen molar-refractivity contribution in [3.8, 4) is 5.75 Å². The van der Waals surface area contributed by atoms with Gasteiger partial charge in [0.1, 0.15) is 16.7 Å². The first-order valence-corrected chi connectivity index (χ1v) is 8.18. The second-order valence-electron chi connectivity index (χ2n) is 4.74. The van der Waals surface area contributed by atoms with Crippen LogP contribution in [0.15, 0.2) is 23.1 Å². The van der Waals surface area contributed by atoms with E-state index in [4.69, 9.17) is 13.7 Å². The third-order valence-electron chi connectivity index (χ3n) is 3.10. The third kappa shape index (κ3) is 3.71. The Morgan fingerprint density at radius 2 is 2.00 bits per heavy atom. The van der Waals surface area contributed by atoms with Crippen molar-refractivity contribution in [1.82, 2.24) is 0 Å². The van der Waals surface area contributed by atoms with Crippen molar-refractivity contribution in [3.63, 3.8) is 0 Å². The van der Waals surface area contributed by atoms with E-state index in [0.717, 1.165) is 18.4 Å². The van der Waals surface area contributed by atoms with Crippen molar-refractivity contribution in [1.29, 1.82) is 0 Å². The fraction of sp³-hybridized carbons (Fsp3) is 0.571. The van der Waals surface area contributed by atoms with Crippen LogP contribution in [0.1, 0.15) is 25.3 Å². The zero-order valence-corrected chi connectivity index (χ0v) is 12.6. The number of hydrogen-bond donors (Lipinski definition) is 0. The maximum Gasteiger partial charge on any atom is 0.300 e. The molecule has 0 saturated carbocycles. The molecule has 0 unspecified atom stereocenters. The summed E-state index contributed by atoms with van der Waals surface area (Å²) in [5.41, 5.74) is 0.947. The summed E-state index contributed by atoms with van der Waals surface area (Å²) < 4.78 is 40.1. The number of benzene rings is 1. The van der Waals surface area contributed by atoms with Crippen LogP contribution in [0.5, 0.6) is 5.75 Å². The monoisotopic (exact) mass is 300 g/mol. The minimum atomic E-state index is -3.76. The van der Waals surface area contributed by atoms with Crippen LogP contribution in [-0.2, 0) is 19.0 Å². The van der Waals surface area contributed by atoms with E-state index < -0.39 is 10.1 Å². The van der Waals surface area contributed by atoms with E-state index in [0.29, 0.717) is 19.0 Å². The highest BCUT2D eigenvalue weighted by Crippen LogP contribution is 2.29. The largest absolute Gasteiger partial charge is 0.489 e. The minimum Gasteiger partial charge on any atom is -0.489 e. The van der Waals surface area contributed by atoms with Gasteiger partial charge < -0.3 is 9.47 Å². The van der Waals surface area contributed by atoms with Gasteiger partial charge in [0.2, 0.25) is 0 Å². The van der Waals surface area contributed by atoms with Crippen LogP contribution in [-0.4, -0.2) is 34.3 Å². The fourth-order valence-electron chi connectivity index (χ4n) is 2.11. The van der Waals surface area contributed by atoms with Crippen molar-refractivity contribution < 1.29 is 22.1 Å². The smallest absolute Gasteiger partial charge is 0.300 e. The van der Waals surface area contributed by atoms with Gasteiger partial charge in [-0.15, -0.1) is 0 Å². The topological polar surface area (TPSA) is 61.8 Å². The molecule has 0 radical (unpaired) electrons. The molecule has 1 saturated heterocycles. The molecule has 2 rings (SSSR count). The summed E-state index contributed by atoms with van der Waals surface area (Å²) in [6, 6.07) is 5.01. The maximum absolute atomic E-state index is 12.1. The Labute approximate surface area is 120 Å². The lowest BCUT2D eigenvalue weighted by Gasteiger charge is -2.24. The summed E-state index contributed by atoms with van der Waals surface area (Å²) in [5, 5.41) is 0. The van der Waals surface area contributed by atoms with Crippen LogP contribution in [0.25, 0.3) is 0 Å². The van der Waals surface area contributed by atoms with E-state index in [-0.39, 0.29) is 17.6 Å². The molecule has 1 aliphatic heterocycles. The Morgan fingerprint density at radius 3 is 2.65 bits per heavy atom. The lowest BCUT2D eigenvalue weighted by Crippen LogP contribution is -2.26. The van der Waals surface area contributed by atoms with Crippen LogP contribution in [0.2, 0.25) is 0 Å². The van der Waals surface area contributed by atoms with E-state index >= 15 is 0 Å². The van der Waals surface area contributed by atoms with Gasteiger partial charge in [-0.05, 0) is 31.5 Å². The lowest BCUT2D eigenvalue weighted by molar-refractivity contribution is 0.0243. The molecule has 5 nitrogen and oxygen atoms in total. The number of aryl methyl sites for hydroxylation is 1. The average molecular weight is 300 g/mol. The van der Waals surface area contributed by atoms with Gasteiger partial charge in [-0.2, -0.15) is 8.42 Å². The molecule has 0 spiro atoms. The summed E-state index contributed by atoms with van der Waals surface area (Å²) >= 11 is 0. The van der Waals surface area contributed by atoms with Gasteiger partial charge >= 0.3 is 10.1 Å². The SMILES string of the molecule is CCOS(=O)(=O)c1ccc(C)cc1OC1CCOCC1. The predicted molar refractivity (Wildman–Crippen MR) is 74.5 cm³/mol. The standard InChI is InChI=1S/C14H20O5S/c1-3-18-20(15,16)14-5-4-11(2)10-13(14)19-12-6-8-17-9-7-12/h4-5,10,12H,3,6-9H2,1-2H3. The Morgan fingerprint density at radius 1 is 1.30 bits per heavy atom. The maximum atomic E-state index is 12.1. The van der Waals surface area contributed by atoms with Gasteiger partial charge in [-0.1, -0.05) is 6.07 Å². The van der Waals surface area contributed by atoms with Gasteiger partial charge in [0.05, 0.1) is 19.8 Å². The van der Waals surface area contributed by atoms with E-state index in [1.54, 1.807) is 19.1 Å². The molecule has 0 aliphatic carbocycles. The molecule has 20 heavy (non-hydrogen) atoms. The normalized spacial score (nSPS) is 17.1. The van der Waals surface area contributed by atoms with Crippen LogP contribution < -0.4 is 4.74 Å². The highest BCUT2D eigenvalue weighted by Gasteiger charge is 2.23. The van der Waals surface area contributed by atoms with Crippen molar-refractivity contribution >= 4 is 10.1 Å². The molecule has 0 atom stereocenters. The molecular weight excluding hydrogens is 280 g/mol. The molecule has 1 fully saturated rings. The van der Waals surface area contributed by atoms with E-state index in [1.165, 1.54) is 6.07 Å². The van der Waals surface area contributed by atoms with E-state index in [2.05, 4.69) is 0 Å². The fourth-order valence-corrected chi connectivity index (χ4v) is 3.13. The highest BCUT2D eigenvalue weighted by atomic mass is 32.2. The van der Waals surface area contributed by atoms with E-state index in [9.17, 15) is 8.42 Å². The van der Waals surface area contributed by atoms with Gasteiger partial charge in [-0.25, -0.2) is 0 Å². The van der Waals surface area contributed by atoms with Crippen LogP contribution in [0.4, 0.5) is 0 Å². The zero-order valence-electron chi connectivity index (χ0n) is 11.8. The van der Waals surface area contributed by atoms with Gasteiger partial charge in [0, 0.05) is 12.8 Å². The van der Waals surface area contributed by atoms with Crippen molar-refractivity contribution in [2.24, 2.45) is 0 Å². The van der Waals surface area contributed by atoms with Crippen LogP contribution in [0.3, 0.4) is 0 Å². The molecule has 112 valence electrons. The first-order valence-electron chi connectivity index (χ1n) is 6.77.